The molecule has 0 aromatic carbocycles. The minimum atomic E-state index is -4.22. The van der Waals surface area contributed by atoms with Gasteiger partial charge in [-0.15, -0.1) is 0 Å². The Bertz CT molecular complexity index is 254. The van der Waals surface area contributed by atoms with Crippen molar-refractivity contribution in [2.45, 2.75) is 63.6 Å². The van der Waals surface area contributed by atoms with E-state index in [1.165, 1.54) is 38.5 Å². The second-order valence-corrected chi connectivity index (χ2v) is 5.84. The highest BCUT2D eigenvalue weighted by Gasteiger charge is 2.27. The van der Waals surface area contributed by atoms with Crippen LogP contribution in [0.2, 0.25) is 0 Å². The van der Waals surface area contributed by atoms with Gasteiger partial charge in [0.15, 0.2) is 0 Å². The van der Waals surface area contributed by atoms with Crippen molar-refractivity contribution >= 4 is 0 Å². The minimum absolute atomic E-state index is 0.172. The minimum Gasteiger partial charge on any atom is -0.372 e. The molecule has 0 unspecified atom stereocenters. The van der Waals surface area contributed by atoms with Gasteiger partial charge in [0.2, 0.25) is 0 Å². The number of hydrogen-bond acceptors (Lipinski definition) is 3. The molecule has 2 N–H and O–H groups in total. The van der Waals surface area contributed by atoms with Crippen LogP contribution in [0.15, 0.2) is 0 Å². The number of nitrogens with zero attached hydrogens (tertiary/aromatic N) is 1. The lowest BCUT2D eigenvalue weighted by atomic mass is 10.1. The van der Waals surface area contributed by atoms with Gasteiger partial charge in [-0.3, -0.25) is 0 Å². The normalized spacial score (nSPS) is 18.1. The van der Waals surface area contributed by atoms with Crippen LogP contribution in [0.25, 0.3) is 0 Å². The Kier molecular flexibility index (Phi) is 9.27. The van der Waals surface area contributed by atoms with Crippen molar-refractivity contribution in [3.05, 3.63) is 0 Å². The van der Waals surface area contributed by atoms with E-state index in [1.54, 1.807) is 0 Å². The van der Waals surface area contributed by atoms with Crippen molar-refractivity contribution in [2.24, 2.45) is 5.73 Å². The molecule has 1 rings (SSSR count). The summed E-state index contributed by atoms with van der Waals surface area (Å²) < 4.78 is 40.7. The maximum absolute atomic E-state index is 12.0. The second kappa shape index (κ2) is 10.4. The van der Waals surface area contributed by atoms with E-state index in [2.05, 4.69) is 9.64 Å². The van der Waals surface area contributed by atoms with Crippen molar-refractivity contribution < 1.29 is 17.9 Å². The van der Waals surface area contributed by atoms with Crippen LogP contribution in [0.4, 0.5) is 13.2 Å². The summed E-state index contributed by atoms with van der Waals surface area (Å²) in [5.74, 6) is 0. The lowest BCUT2D eigenvalue weighted by Gasteiger charge is -2.31. The smallest absolute Gasteiger partial charge is 0.372 e. The van der Waals surface area contributed by atoms with Gasteiger partial charge in [-0.1, -0.05) is 25.7 Å². The van der Waals surface area contributed by atoms with E-state index >= 15 is 0 Å². The first-order chi connectivity index (χ1) is 10.0. The van der Waals surface area contributed by atoms with Crippen molar-refractivity contribution in [3.8, 4) is 0 Å². The first kappa shape index (κ1) is 18.7. The van der Waals surface area contributed by atoms with E-state index in [-0.39, 0.29) is 6.61 Å². The van der Waals surface area contributed by atoms with E-state index < -0.39 is 12.8 Å². The van der Waals surface area contributed by atoms with Crippen LogP contribution in [-0.4, -0.2) is 50.0 Å². The summed E-state index contributed by atoms with van der Waals surface area (Å²) in [7, 11) is 0. The SMILES string of the molecule is NCCCN(CCCOCC(F)(F)F)C1CCCCCC1. The Morgan fingerprint density at radius 3 is 2.19 bits per heavy atom. The average molecular weight is 310 g/mol. The fraction of sp³-hybridized carbons (Fsp3) is 1.00. The molecule has 0 saturated heterocycles. The van der Waals surface area contributed by atoms with Gasteiger partial charge in [0.1, 0.15) is 6.61 Å². The lowest BCUT2D eigenvalue weighted by molar-refractivity contribution is -0.174. The van der Waals surface area contributed by atoms with E-state index in [9.17, 15) is 13.2 Å². The van der Waals surface area contributed by atoms with Crippen LogP contribution in [0.5, 0.6) is 0 Å². The van der Waals surface area contributed by atoms with Gasteiger partial charge in [0, 0.05) is 19.2 Å². The van der Waals surface area contributed by atoms with Crippen LogP contribution in [0, 0.1) is 0 Å². The Hall–Kier alpha value is -0.330. The zero-order chi connectivity index (χ0) is 15.6. The fourth-order valence-electron chi connectivity index (χ4n) is 2.95. The maximum atomic E-state index is 12.0. The fourth-order valence-corrected chi connectivity index (χ4v) is 2.95. The van der Waals surface area contributed by atoms with Gasteiger partial charge >= 0.3 is 6.18 Å². The molecular weight excluding hydrogens is 281 g/mol. The lowest BCUT2D eigenvalue weighted by Crippen LogP contribution is -2.37. The Morgan fingerprint density at radius 2 is 1.62 bits per heavy atom. The number of ether oxygens (including phenoxy) is 1. The monoisotopic (exact) mass is 310 g/mol. The summed E-state index contributed by atoms with van der Waals surface area (Å²) in [6.45, 7) is 1.45. The molecule has 0 atom stereocenters. The van der Waals surface area contributed by atoms with E-state index in [4.69, 9.17) is 5.73 Å². The zero-order valence-electron chi connectivity index (χ0n) is 12.8. The van der Waals surface area contributed by atoms with Crippen LogP contribution in [-0.2, 0) is 4.74 Å². The molecule has 21 heavy (non-hydrogen) atoms. The Morgan fingerprint density at radius 1 is 1.00 bits per heavy atom. The highest BCUT2D eigenvalue weighted by atomic mass is 19.4. The molecule has 0 amide bonds. The molecule has 1 fully saturated rings. The molecule has 126 valence electrons. The van der Waals surface area contributed by atoms with Crippen LogP contribution < -0.4 is 5.73 Å². The Labute approximate surface area is 126 Å². The molecule has 0 heterocycles. The summed E-state index contributed by atoms with van der Waals surface area (Å²) in [4.78, 5) is 2.41. The predicted octanol–water partition coefficient (Wildman–Crippen LogP) is 3.33. The predicted molar refractivity (Wildman–Crippen MR) is 78.2 cm³/mol. The molecule has 0 aromatic rings. The average Bonchev–Trinajstić information content (AvgIpc) is 2.69. The number of nitrogens with two attached hydrogens (primary N) is 1. The molecule has 0 spiro atoms. The van der Waals surface area contributed by atoms with Gasteiger partial charge in [0.25, 0.3) is 0 Å². The third-order valence-corrected chi connectivity index (χ3v) is 3.99. The quantitative estimate of drug-likeness (QED) is 0.524. The third-order valence-electron chi connectivity index (χ3n) is 3.99. The topological polar surface area (TPSA) is 38.5 Å². The largest absolute Gasteiger partial charge is 0.411 e. The van der Waals surface area contributed by atoms with E-state index in [0.717, 1.165) is 19.5 Å². The molecule has 1 aliphatic rings. The third kappa shape index (κ3) is 9.32. The molecular formula is C15H29F3N2O. The van der Waals surface area contributed by atoms with Crippen molar-refractivity contribution in [2.75, 3.05) is 32.8 Å². The molecule has 1 saturated carbocycles. The van der Waals surface area contributed by atoms with Crippen LogP contribution in [0.3, 0.4) is 0 Å². The summed E-state index contributed by atoms with van der Waals surface area (Å²) in [6.07, 6.45) is 4.90. The Balaban J connectivity index is 2.28. The molecule has 0 bridgehead atoms. The number of alkyl halides is 3. The molecule has 1 aliphatic carbocycles. The first-order valence-corrected chi connectivity index (χ1v) is 8.11. The highest BCUT2D eigenvalue weighted by Crippen LogP contribution is 2.22. The molecule has 3 nitrogen and oxygen atoms in total. The van der Waals surface area contributed by atoms with E-state index in [0.29, 0.717) is 19.0 Å². The first-order valence-electron chi connectivity index (χ1n) is 8.11. The van der Waals surface area contributed by atoms with Crippen molar-refractivity contribution in [1.82, 2.24) is 4.90 Å². The molecule has 6 heteroatoms. The summed E-state index contributed by atoms with van der Waals surface area (Å²) in [6, 6.07) is 0.571. The number of hydrogen-bond donors (Lipinski definition) is 1. The number of rotatable bonds is 9. The van der Waals surface area contributed by atoms with E-state index in [1.807, 2.05) is 0 Å². The van der Waals surface area contributed by atoms with Crippen molar-refractivity contribution in [1.29, 1.82) is 0 Å². The standard InChI is InChI=1S/C15H29F3N2O/c16-15(17,18)13-21-12-6-11-20(10-5-9-19)14-7-3-1-2-4-8-14/h14H,1-13,19H2. The van der Waals surface area contributed by atoms with Gasteiger partial charge in [-0.05, 0) is 38.8 Å². The summed E-state index contributed by atoms with van der Waals surface area (Å²) in [5, 5.41) is 0. The van der Waals surface area contributed by atoms with Gasteiger partial charge in [0.05, 0.1) is 0 Å². The number of halogens is 3. The summed E-state index contributed by atoms with van der Waals surface area (Å²) in [5.41, 5.74) is 5.59. The molecule has 0 radical (unpaired) electrons. The zero-order valence-corrected chi connectivity index (χ0v) is 12.8. The van der Waals surface area contributed by atoms with Gasteiger partial charge < -0.3 is 15.4 Å². The highest BCUT2D eigenvalue weighted by molar-refractivity contribution is 4.75. The second-order valence-electron chi connectivity index (χ2n) is 5.84. The van der Waals surface area contributed by atoms with Gasteiger partial charge in [-0.2, -0.15) is 13.2 Å². The molecule has 0 aromatic heterocycles. The van der Waals surface area contributed by atoms with Gasteiger partial charge in [-0.25, -0.2) is 0 Å². The van der Waals surface area contributed by atoms with Crippen LogP contribution in [0.1, 0.15) is 51.4 Å². The molecule has 0 aliphatic heterocycles. The summed E-state index contributed by atoms with van der Waals surface area (Å²) >= 11 is 0. The van der Waals surface area contributed by atoms with Crippen molar-refractivity contribution in [3.63, 3.8) is 0 Å². The van der Waals surface area contributed by atoms with Crippen LogP contribution >= 0.6 is 0 Å². The maximum Gasteiger partial charge on any atom is 0.411 e.